The lowest BCUT2D eigenvalue weighted by Gasteiger charge is -2.59. The number of hydrogen-bond donors (Lipinski definition) is 1. The standard InChI is InChI=1S/C20H30O6Si/c1-20(2,3)27(4,5)26-18-15-13(21)14-16(17(18)25-19(23-14)24-15)22-11-12-9-7-6-8-10-12/h6-10,13-19,21H,11H2,1-5H3/t13-,14+,15+,16+,17-,18-,19-/m1/s1. The number of benzene rings is 1. The highest BCUT2D eigenvalue weighted by molar-refractivity contribution is 6.74. The fourth-order valence-corrected chi connectivity index (χ4v) is 5.00. The topological polar surface area (TPSA) is 66.4 Å². The average Bonchev–Trinajstić information content (AvgIpc) is 2.60. The normalized spacial score (nSPS) is 38.4. The van der Waals surface area contributed by atoms with Gasteiger partial charge in [-0.05, 0) is 23.7 Å². The molecule has 27 heavy (non-hydrogen) atoms. The smallest absolute Gasteiger partial charge is 0.272 e. The van der Waals surface area contributed by atoms with Crippen molar-refractivity contribution in [2.75, 3.05) is 0 Å². The summed E-state index contributed by atoms with van der Waals surface area (Å²) in [5, 5.41) is 10.9. The van der Waals surface area contributed by atoms with Gasteiger partial charge in [0.25, 0.3) is 6.48 Å². The Morgan fingerprint density at radius 3 is 2.19 bits per heavy atom. The van der Waals surface area contributed by atoms with Gasteiger partial charge >= 0.3 is 0 Å². The van der Waals surface area contributed by atoms with Crippen LogP contribution < -0.4 is 0 Å². The van der Waals surface area contributed by atoms with Crippen molar-refractivity contribution in [3.05, 3.63) is 35.9 Å². The van der Waals surface area contributed by atoms with Gasteiger partial charge < -0.3 is 28.5 Å². The van der Waals surface area contributed by atoms with Crippen LogP contribution in [0.25, 0.3) is 0 Å². The predicted octanol–water partition coefficient (Wildman–Crippen LogP) is 2.80. The van der Waals surface area contributed by atoms with E-state index in [2.05, 4.69) is 33.9 Å². The highest BCUT2D eigenvalue weighted by Gasteiger charge is 2.63. The second kappa shape index (κ2) is 6.91. The van der Waals surface area contributed by atoms with Gasteiger partial charge in [-0.25, -0.2) is 0 Å². The van der Waals surface area contributed by atoms with Crippen LogP contribution in [0.1, 0.15) is 26.3 Å². The second-order valence-electron chi connectivity index (χ2n) is 9.19. The Bertz CT molecular complexity index is 660. The van der Waals surface area contributed by atoms with E-state index < -0.39 is 39.2 Å². The summed E-state index contributed by atoms with van der Waals surface area (Å²) >= 11 is 0. The van der Waals surface area contributed by atoms with E-state index in [-0.39, 0.29) is 17.2 Å². The highest BCUT2D eigenvalue weighted by atomic mass is 28.4. The van der Waals surface area contributed by atoms with Crippen molar-refractivity contribution in [2.24, 2.45) is 0 Å². The molecule has 4 aliphatic rings. The molecule has 1 saturated carbocycles. The summed E-state index contributed by atoms with van der Waals surface area (Å²) in [6.45, 7) is 10.7. The average molecular weight is 395 g/mol. The SMILES string of the molecule is CC(C)(C)[Si](C)(C)O[C@H]1[C@@H]2O[C@@H]3O[C@@H]([C@@H](O)[C@@H]1O3)[C@@H]2OCc1ccccc1. The fourth-order valence-electron chi connectivity index (χ4n) is 3.70. The van der Waals surface area contributed by atoms with Gasteiger partial charge in [0.05, 0.1) is 6.61 Å². The quantitative estimate of drug-likeness (QED) is 0.775. The van der Waals surface area contributed by atoms with Crippen molar-refractivity contribution in [1.29, 1.82) is 0 Å². The molecule has 4 fully saturated rings. The fraction of sp³-hybridized carbons (Fsp3) is 0.700. The Balaban J connectivity index is 1.54. The molecule has 0 aromatic heterocycles. The van der Waals surface area contributed by atoms with Gasteiger partial charge in [-0.15, -0.1) is 0 Å². The number of aliphatic hydroxyl groups excluding tert-OH is 1. The van der Waals surface area contributed by atoms with Crippen molar-refractivity contribution in [3.63, 3.8) is 0 Å². The Labute approximate surface area is 161 Å². The summed E-state index contributed by atoms with van der Waals surface area (Å²) in [7, 11) is -2.08. The van der Waals surface area contributed by atoms with Crippen LogP contribution in [-0.2, 0) is 30.0 Å². The Morgan fingerprint density at radius 1 is 0.963 bits per heavy atom. The Kier molecular flexibility index (Phi) is 5.00. The second-order valence-corrected chi connectivity index (χ2v) is 13.9. The van der Waals surface area contributed by atoms with Crippen molar-refractivity contribution in [1.82, 2.24) is 0 Å². The van der Waals surface area contributed by atoms with Gasteiger partial charge in [0.1, 0.15) is 36.6 Å². The van der Waals surface area contributed by atoms with E-state index in [9.17, 15) is 5.11 Å². The first-order valence-electron chi connectivity index (χ1n) is 9.65. The van der Waals surface area contributed by atoms with Crippen LogP contribution in [0.3, 0.4) is 0 Å². The molecule has 3 heterocycles. The molecule has 150 valence electrons. The minimum absolute atomic E-state index is 0.0451. The molecule has 7 heteroatoms. The number of aliphatic hydroxyl groups is 1. The van der Waals surface area contributed by atoms with E-state index in [1.54, 1.807) is 0 Å². The maximum atomic E-state index is 10.8. The van der Waals surface area contributed by atoms with Crippen LogP contribution in [0.15, 0.2) is 30.3 Å². The summed E-state index contributed by atoms with van der Waals surface area (Å²) in [4.78, 5) is 0. The lowest BCUT2D eigenvalue weighted by atomic mass is 9.82. The zero-order valence-electron chi connectivity index (χ0n) is 16.6. The summed E-state index contributed by atoms with van der Waals surface area (Å²) < 4.78 is 30.2. The van der Waals surface area contributed by atoms with Crippen molar-refractivity contribution >= 4 is 8.32 Å². The molecule has 3 aliphatic heterocycles. The molecular weight excluding hydrogens is 364 g/mol. The van der Waals surface area contributed by atoms with Crippen LogP contribution in [0.4, 0.5) is 0 Å². The minimum atomic E-state index is -2.08. The van der Waals surface area contributed by atoms with Gasteiger partial charge in [0, 0.05) is 0 Å². The molecule has 1 aromatic rings. The molecule has 0 amide bonds. The first kappa shape index (κ1) is 19.5. The molecular formula is C20H30O6Si. The largest absolute Gasteiger partial charge is 0.408 e. The van der Waals surface area contributed by atoms with Gasteiger partial charge in [0.2, 0.25) is 0 Å². The van der Waals surface area contributed by atoms with Crippen LogP contribution in [0.5, 0.6) is 0 Å². The third-order valence-corrected chi connectivity index (χ3v) is 10.8. The van der Waals surface area contributed by atoms with E-state index in [1.807, 2.05) is 30.3 Å². The van der Waals surface area contributed by atoms with Crippen molar-refractivity contribution in [2.45, 2.75) is 88.6 Å². The number of rotatable bonds is 5. The summed E-state index contributed by atoms with van der Waals surface area (Å²) in [5.74, 6) is 0. The molecule has 0 spiro atoms. The van der Waals surface area contributed by atoms with E-state index in [0.29, 0.717) is 6.61 Å². The molecule has 5 rings (SSSR count). The molecule has 3 saturated heterocycles. The maximum Gasteiger partial charge on any atom is 0.272 e. The third-order valence-electron chi connectivity index (χ3n) is 6.30. The Hall–Kier alpha value is -0.803. The van der Waals surface area contributed by atoms with Gasteiger partial charge in [-0.3, -0.25) is 0 Å². The maximum absolute atomic E-state index is 10.8. The molecule has 1 aromatic carbocycles. The third kappa shape index (κ3) is 3.50. The highest BCUT2D eigenvalue weighted by Crippen LogP contribution is 2.46. The van der Waals surface area contributed by atoms with Gasteiger partial charge in [-0.2, -0.15) is 0 Å². The van der Waals surface area contributed by atoms with Crippen LogP contribution in [0, 0.1) is 0 Å². The first-order chi connectivity index (χ1) is 12.7. The molecule has 0 radical (unpaired) electrons. The monoisotopic (exact) mass is 394 g/mol. The van der Waals surface area contributed by atoms with E-state index >= 15 is 0 Å². The molecule has 0 unspecified atom stereocenters. The molecule has 7 atom stereocenters. The van der Waals surface area contributed by atoms with E-state index in [4.69, 9.17) is 23.4 Å². The van der Waals surface area contributed by atoms with Crippen LogP contribution >= 0.6 is 0 Å². The molecule has 1 N–H and O–H groups in total. The lowest BCUT2D eigenvalue weighted by molar-refractivity contribution is -0.482. The van der Waals surface area contributed by atoms with E-state index in [0.717, 1.165) is 5.56 Å². The molecule has 4 bridgehead atoms. The zero-order chi connectivity index (χ0) is 19.4. The number of ether oxygens (including phenoxy) is 4. The zero-order valence-corrected chi connectivity index (χ0v) is 17.6. The molecule has 6 nitrogen and oxygen atoms in total. The first-order valence-corrected chi connectivity index (χ1v) is 12.6. The van der Waals surface area contributed by atoms with Crippen LogP contribution in [-0.4, -0.2) is 56.5 Å². The minimum Gasteiger partial charge on any atom is -0.408 e. The van der Waals surface area contributed by atoms with Gasteiger partial charge in [0.15, 0.2) is 8.32 Å². The summed E-state index contributed by atoms with van der Waals surface area (Å²) in [6.07, 6.45) is -2.77. The van der Waals surface area contributed by atoms with Crippen LogP contribution in [0.2, 0.25) is 18.1 Å². The summed E-state index contributed by atoms with van der Waals surface area (Å²) in [5.41, 5.74) is 1.07. The molecule has 1 aliphatic carbocycles. The number of hydrogen-bond acceptors (Lipinski definition) is 6. The Morgan fingerprint density at radius 2 is 1.56 bits per heavy atom. The van der Waals surface area contributed by atoms with Crippen molar-refractivity contribution < 1.29 is 28.5 Å². The van der Waals surface area contributed by atoms with Crippen molar-refractivity contribution in [3.8, 4) is 0 Å². The van der Waals surface area contributed by atoms with E-state index in [1.165, 1.54) is 0 Å². The lowest BCUT2D eigenvalue weighted by Crippen LogP contribution is -2.76. The van der Waals surface area contributed by atoms with Gasteiger partial charge in [-0.1, -0.05) is 51.1 Å². The predicted molar refractivity (Wildman–Crippen MR) is 102 cm³/mol. The summed E-state index contributed by atoms with van der Waals surface area (Å²) in [6, 6.07) is 9.97.